The van der Waals surface area contributed by atoms with E-state index in [1.807, 2.05) is 37.3 Å². The summed E-state index contributed by atoms with van der Waals surface area (Å²) < 4.78 is 5.28. The quantitative estimate of drug-likeness (QED) is 0.747. The van der Waals surface area contributed by atoms with Gasteiger partial charge in [-0.2, -0.15) is 0 Å². The second-order valence-electron chi connectivity index (χ2n) is 6.43. The van der Waals surface area contributed by atoms with Crippen LogP contribution >= 0.6 is 0 Å². The molecule has 1 amide bonds. The summed E-state index contributed by atoms with van der Waals surface area (Å²) >= 11 is 0. The number of aromatic nitrogens is 2. The van der Waals surface area contributed by atoms with Gasteiger partial charge in [-0.1, -0.05) is 29.4 Å². The van der Waals surface area contributed by atoms with E-state index in [4.69, 9.17) is 4.52 Å². The van der Waals surface area contributed by atoms with Crippen LogP contribution in [-0.4, -0.2) is 21.2 Å². The number of nitrogens with one attached hydrogen (secondary N) is 1. The molecule has 0 aliphatic heterocycles. The Kier molecular flexibility index (Phi) is 3.97. The van der Waals surface area contributed by atoms with Gasteiger partial charge in [-0.05, 0) is 37.0 Å². The first-order valence-corrected chi connectivity index (χ1v) is 8.40. The number of hydrogen-bond donors (Lipinski definition) is 2. The third-order valence-electron chi connectivity index (χ3n) is 4.61. The van der Waals surface area contributed by atoms with E-state index in [0.717, 1.165) is 29.7 Å². The molecule has 6 heteroatoms. The first-order chi connectivity index (χ1) is 12.2. The largest absolute Gasteiger partial charge is 0.392 e. The number of amides is 1. The Bertz CT molecular complexity index is 944. The van der Waals surface area contributed by atoms with E-state index in [1.165, 1.54) is 0 Å². The van der Waals surface area contributed by atoms with E-state index < -0.39 is 0 Å². The molecule has 4 rings (SSSR count). The van der Waals surface area contributed by atoms with E-state index in [9.17, 15) is 9.90 Å². The Morgan fingerprint density at radius 1 is 1.32 bits per heavy atom. The van der Waals surface area contributed by atoms with Crippen LogP contribution in [0.3, 0.4) is 0 Å². The van der Waals surface area contributed by atoms with Crippen LogP contribution in [0.2, 0.25) is 0 Å². The minimum atomic E-state index is -0.187. The second-order valence-corrected chi connectivity index (χ2v) is 6.43. The lowest BCUT2D eigenvalue weighted by Crippen LogP contribution is -2.24. The highest BCUT2D eigenvalue weighted by molar-refractivity contribution is 6.06. The summed E-state index contributed by atoms with van der Waals surface area (Å²) in [6, 6.07) is 9.36. The Morgan fingerprint density at radius 3 is 2.80 bits per heavy atom. The number of hydrogen-bond acceptors (Lipinski definition) is 5. The zero-order chi connectivity index (χ0) is 17.4. The van der Waals surface area contributed by atoms with Crippen LogP contribution < -0.4 is 5.32 Å². The molecule has 0 spiro atoms. The molecule has 0 radical (unpaired) electrons. The van der Waals surface area contributed by atoms with Gasteiger partial charge in [0, 0.05) is 18.2 Å². The van der Waals surface area contributed by atoms with Gasteiger partial charge in [0.15, 0.2) is 0 Å². The van der Waals surface area contributed by atoms with E-state index in [1.54, 1.807) is 0 Å². The molecule has 2 N–H and O–H groups in total. The number of aliphatic hydroxyl groups excluding tert-OH is 1. The summed E-state index contributed by atoms with van der Waals surface area (Å²) in [5, 5.41) is 17.0. The van der Waals surface area contributed by atoms with Crippen molar-refractivity contribution in [2.75, 3.05) is 0 Å². The van der Waals surface area contributed by atoms with Crippen LogP contribution in [0, 0.1) is 6.92 Å². The van der Waals surface area contributed by atoms with E-state index in [0.29, 0.717) is 34.8 Å². The molecule has 128 valence electrons. The normalized spacial score (nSPS) is 14.0. The molecule has 0 atom stereocenters. The van der Waals surface area contributed by atoms with Crippen molar-refractivity contribution < 1.29 is 14.4 Å². The molecule has 25 heavy (non-hydrogen) atoms. The number of fused-ring (bicyclic) bond motifs is 1. The number of carbonyl (C=O) groups is 1. The highest BCUT2D eigenvalue weighted by Gasteiger charge is 2.28. The molecule has 0 bridgehead atoms. The highest BCUT2D eigenvalue weighted by atomic mass is 16.5. The average Bonchev–Trinajstić information content (AvgIpc) is 3.43. The van der Waals surface area contributed by atoms with Crippen molar-refractivity contribution in [2.45, 2.75) is 38.8 Å². The number of pyridine rings is 1. The summed E-state index contributed by atoms with van der Waals surface area (Å²) in [4.78, 5) is 17.3. The first kappa shape index (κ1) is 15.8. The fourth-order valence-corrected chi connectivity index (χ4v) is 3.04. The Labute approximate surface area is 144 Å². The van der Waals surface area contributed by atoms with Gasteiger partial charge < -0.3 is 14.9 Å². The third-order valence-corrected chi connectivity index (χ3v) is 4.61. The Balaban J connectivity index is 1.64. The molecule has 2 aromatic heterocycles. The maximum absolute atomic E-state index is 12.8. The van der Waals surface area contributed by atoms with Crippen LogP contribution in [0.25, 0.3) is 11.1 Å². The van der Waals surface area contributed by atoms with Crippen LogP contribution in [0.4, 0.5) is 0 Å². The lowest BCUT2D eigenvalue weighted by Gasteiger charge is -2.10. The number of aryl methyl sites for hydroxylation is 1. The van der Waals surface area contributed by atoms with Crippen molar-refractivity contribution in [1.29, 1.82) is 0 Å². The van der Waals surface area contributed by atoms with Gasteiger partial charge in [-0.25, -0.2) is 4.98 Å². The highest BCUT2D eigenvalue weighted by Crippen LogP contribution is 2.40. The molecule has 2 heterocycles. The van der Waals surface area contributed by atoms with Gasteiger partial charge in [0.25, 0.3) is 11.6 Å². The lowest BCUT2D eigenvalue weighted by molar-refractivity contribution is 0.0952. The fraction of sp³-hybridized carbons (Fsp3) is 0.316. The maximum atomic E-state index is 12.8. The summed E-state index contributed by atoms with van der Waals surface area (Å²) in [6.07, 6.45) is 2.19. The number of carbonyl (C=O) groups excluding carboxylic acids is 1. The Hall–Kier alpha value is -2.73. The van der Waals surface area contributed by atoms with E-state index in [2.05, 4.69) is 15.5 Å². The van der Waals surface area contributed by atoms with Crippen molar-refractivity contribution in [3.63, 3.8) is 0 Å². The maximum Gasteiger partial charge on any atom is 0.259 e. The molecule has 1 aliphatic carbocycles. The molecule has 1 saturated carbocycles. The lowest BCUT2D eigenvalue weighted by atomic mass is 10.1. The van der Waals surface area contributed by atoms with Gasteiger partial charge in [0.2, 0.25) is 0 Å². The van der Waals surface area contributed by atoms with Crippen LogP contribution in [0.5, 0.6) is 0 Å². The molecule has 6 nitrogen and oxygen atoms in total. The number of aliphatic hydroxyl groups is 1. The monoisotopic (exact) mass is 337 g/mol. The van der Waals surface area contributed by atoms with Crippen LogP contribution in [-0.2, 0) is 13.2 Å². The summed E-state index contributed by atoms with van der Waals surface area (Å²) in [7, 11) is 0. The third kappa shape index (κ3) is 3.00. The molecular formula is C19H19N3O3. The molecule has 1 aliphatic rings. The van der Waals surface area contributed by atoms with E-state index >= 15 is 0 Å². The number of nitrogens with zero attached hydrogens (tertiary/aromatic N) is 2. The molecule has 1 fully saturated rings. The summed E-state index contributed by atoms with van der Waals surface area (Å²) in [6.45, 7) is 2.10. The molecule has 1 aromatic carbocycles. The standard InChI is InChI=1S/C19H19N3O3/c1-11-17-15(8-16(12-6-7-12)21-19(17)25-22-11)18(24)20-9-13-4-2-3-5-14(13)10-23/h2-5,8,12,23H,6-7,9-10H2,1H3,(H,20,24). The van der Waals surface area contributed by atoms with Gasteiger partial charge in [-0.15, -0.1) is 0 Å². The zero-order valence-electron chi connectivity index (χ0n) is 14.0. The van der Waals surface area contributed by atoms with Crippen molar-refractivity contribution in [3.05, 3.63) is 58.4 Å². The summed E-state index contributed by atoms with van der Waals surface area (Å²) in [5.41, 5.74) is 4.22. The number of rotatable bonds is 5. The van der Waals surface area contributed by atoms with Gasteiger partial charge in [0.05, 0.1) is 23.3 Å². The molecule has 0 unspecified atom stereocenters. The minimum absolute atomic E-state index is 0.0534. The first-order valence-electron chi connectivity index (χ1n) is 8.40. The SMILES string of the molecule is Cc1noc2nc(C3CC3)cc(C(=O)NCc3ccccc3CO)c12. The molecule has 0 saturated heterocycles. The van der Waals surface area contributed by atoms with Crippen molar-refractivity contribution in [1.82, 2.24) is 15.5 Å². The molecular weight excluding hydrogens is 318 g/mol. The van der Waals surface area contributed by atoms with Gasteiger partial charge in [-0.3, -0.25) is 4.79 Å². The average molecular weight is 337 g/mol. The van der Waals surface area contributed by atoms with Crippen molar-refractivity contribution in [2.24, 2.45) is 0 Å². The zero-order valence-corrected chi connectivity index (χ0v) is 14.0. The Morgan fingerprint density at radius 2 is 2.08 bits per heavy atom. The van der Waals surface area contributed by atoms with Crippen molar-refractivity contribution >= 4 is 17.0 Å². The van der Waals surface area contributed by atoms with E-state index in [-0.39, 0.29) is 12.5 Å². The minimum Gasteiger partial charge on any atom is -0.392 e. The fourth-order valence-electron chi connectivity index (χ4n) is 3.04. The van der Waals surface area contributed by atoms with Crippen LogP contribution in [0.15, 0.2) is 34.9 Å². The van der Waals surface area contributed by atoms with Crippen molar-refractivity contribution in [3.8, 4) is 0 Å². The van der Waals surface area contributed by atoms with Crippen LogP contribution in [0.1, 0.15) is 51.6 Å². The van der Waals surface area contributed by atoms with Gasteiger partial charge >= 0.3 is 0 Å². The summed E-state index contributed by atoms with van der Waals surface area (Å²) in [5.74, 6) is 0.227. The van der Waals surface area contributed by atoms with Gasteiger partial charge in [0.1, 0.15) is 0 Å². The topological polar surface area (TPSA) is 88.2 Å². The predicted octanol–water partition coefficient (Wildman–Crippen LogP) is 2.83. The predicted molar refractivity (Wildman–Crippen MR) is 92.1 cm³/mol. The number of benzene rings is 1. The molecule has 3 aromatic rings. The smallest absolute Gasteiger partial charge is 0.259 e. The second kappa shape index (κ2) is 6.29.